The molecule has 0 bridgehead atoms. The molecule has 3 aromatic rings. The molecule has 3 aromatic carbocycles. The maximum atomic E-state index is 13.7. The Hall–Kier alpha value is -2.35. The van der Waals surface area contributed by atoms with Crippen molar-refractivity contribution in [2.75, 3.05) is 4.90 Å². The van der Waals surface area contributed by atoms with Crippen LogP contribution in [0.4, 0.5) is 18.9 Å². The van der Waals surface area contributed by atoms with Crippen molar-refractivity contribution in [1.82, 2.24) is 0 Å². The summed E-state index contributed by atoms with van der Waals surface area (Å²) in [6.45, 7) is 0. The molecule has 2 nitrogen and oxygen atoms in total. The molecule has 1 fully saturated rings. The minimum Gasteiger partial charge on any atom is -0.305 e. The van der Waals surface area contributed by atoms with Crippen molar-refractivity contribution in [2.24, 2.45) is 5.92 Å². The van der Waals surface area contributed by atoms with Gasteiger partial charge in [-0.15, -0.1) is 0 Å². The van der Waals surface area contributed by atoms with Crippen LogP contribution >= 0.6 is 22.6 Å². The highest BCUT2D eigenvalue weighted by atomic mass is 127. The Morgan fingerprint density at radius 2 is 1.70 bits per heavy atom. The Morgan fingerprint density at radius 1 is 0.939 bits per heavy atom. The predicted octanol–water partition coefficient (Wildman–Crippen LogP) is 7.52. The molecule has 0 aromatic heterocycles. The zero-order valence-corrected chi connectivity index (χ0v) is 20.0. The maximum absolute atomic E-state index is 13.7. The Labute approximate surface area is 204 Å². The third-order valence-corrected chi connectivity index (χ3v) is 7.61. The van der Waals surface area contributed by atoms with Crippen molar-refractivity contribution in [3.05, 3.63) is 98.6 Å². The second-order valence-corrected chi connectivity index (χ2v) is 10.2. The minimum atomic E-state index is -4.40. The van der Waals surface area contributed by atoms with E-state index in [1.807, 2.05) is 18.2 Å². The summed E-state index contributed by atoms with van der Waals surface area (Å²) >= 11 is 2.25. The molecule has 0 saturated carbocycles. The molecule has 6 heteroatoms. The van der Waals surface area contributed by atoms with Gasteiger partial charge in [-0.3, -0.25) is 4.79 Å². The van der Waals surface area contributed by atoms with E-state index in [9.17, 15) is 18.0 Å². The van der Waals surface area contributed by atoms with Gasteiger partial charge >= 0.3 is 6.18 Å². The fraction of sp³-hybridized carbons (Fsp3) is 0.296. The van der Waals surface area contributed by atoms with E-state index in [1.165, 1.54) is 23.3 Å². The molecule has 1 heterocycles. The minimum absolute atomic E-state index is 0.00278. The number of anilines is 1. The van der Waals surface area contributed by atoms with E-state index in [4.69, 9.17) is 0 Å². The summed E-state index contributed by atoms with van der Waals surface area (Å²) in [5.74, 6) is 0.189. The highest BCUT2D eigenvalue weighted by molar-refractivity contribution is 14.1. The van der Waals surface area contributed by atoms with E-state index in [-0.39, 0.29) is 17.9 Å². The number of alkyl halides is 3. The molecule has 33 heavy (non-hydrogen) atoms. The summed E-state index contributed by atoms with van der Waals surface area (Å²) in [5.41, 5.74) is 3.53. The number of halogens is 4. The first-order valence-electron chi connectivity index (χ1n) is 11.1. The number of carbonyl (C=O) groups excluding carboxylic acids is 1. The van der Waals surface area contributed by atoms with Crippen molar-refractivity contribution in [3.63, 3.8) is 0 Å². The third-order valence-electron chi connectivity index (χ3n) is 6.94. The van der Waals surface area contributed by atoms with Gasteiger partial charge in [0.05, 0.1) is 11.6 Å². The molecule has 0 N–H and O–H groups in total. The number of carbonyl (C=O) groups is 1. The Kier molecular flexibility index (Phi) is 5.97. The van der Waals surface area contributed by atoms with Crippen molar-refractivity contribution in [1.29, 1.82) is 0 Å². The number of hydrogen-bond donors (Lipinski definition) is 0. The lowest BCUT2D eigenvalue weighted by molar-refractivity contribution is -0.137. The molecule has 0 radical (unpaired) electrons. The average Bonchev–Trinajstić information content (AvgIpc) is 3.35. The van der Waals surface area contributed by atoms with Gasteiger partial charge in [0.1, 0.15) is 0 Å². The van der Waals surface area contributed by atoms with Crippen molar-refractivity contribution in [3.8, 4) is 0 Å². The Balaban J connectivity index is 1.47. The number of amides is 1. The van der Waals surface area contributed by atoms with Crippen LogP contribution in [-0.4, -0.2) is 5.91 Å². The fourth-order valence-electron chi connectivity index (χ4n) is 5.37. The first kappa shape index (κ1) is 22.4. The zero-order valence-electron chi connectivity index (χ0n) is 17.9. The average molecular weight is 561 g/mol. The standard InChI is InChI=1S/C27H23F3INO/c28-27(29,30)21-10-12-23(13-11-21)32-25(19-5-3-6-22(31)15-19)16-20(26(32)33)14-18-9-8-17-4-1-2-7-24(17)18/h1-7,10-13,15,18,20,25H,8-9,14,16H2/t18-,20+,25+/m0/s1. The molecule has 1 aliphatic heterocycles. The predicted molar refractivity (Wildman–Crippen MR) is 131 cm³/mol. The summed E-state index contributed by atoms with van der Waals surface area (Å²) in [5, 5.41) is 0. The van der Waals surface area contributed by atoms with Crippen molar-refractivity contribution >= 4 is 34.2 Å². The quantitative estimate of drug-likeness (QED) is 0.302. The topological polar surface area (TPSA) is 20.3 Å². The summed E-state index contributed by atoms with van der Waals surface area (Å²) in [6, 6.07) is 21.2. The first-order chi connectivity index (χ1) is 15.8. The van der Waals surface area contributed by atoms with Gasteiger partial charge in [0.15, 0.2) is 0 Å². The van der Waals surface area contributed by atoms with Crippen LogP contribution in [0.1, 0.15) is 53.5 Å². The van der Waals surface area contributed by atoms with Crippen LogP contribution in [0.5, 0.6) is 0 Å². The summed E-state index contributed by atoms with van der Waals surface area (Å²) < 4.78 is 40.3. The molecule has 5 rings (SSSR count). The molecule has 3 atom stereocenters. The molecular formula is C27H23F3INO. The summed E-state index contributed by atoms with van der Waals surface area (Å²) in [4.78, 5) is 15.4. The van der Waals surface area contributed by atoms with Crippen LogP contribution in [0.2, 0.25) is 0 Å². The second-order valence-electron chi connectivity index (χ2n) is 8.93. The SMILES string of the molecule is O=C1[C@H](C[C@@H]2CCc3ccccc32)C[C@H](c2cccc(I)c2)N1c1ccc(C(F)(F)F)cc1. The van der Waals surface area contributed by atoms with Crippen LogP contribution in [0.15, 0.2) is 72.8 Å². The maximum Gasteiger partial charge on any atom is 0.416 e. The van der Waals surface area contributed by atoms with Gasteiger partial charge in [-0.25, -0.2) is 0 Å². The second kappa shape index (κ2) is 8.78. The lowest BCUT2D eigenvalue weighted by atomic mass is 9.87. The summed E-state index contributed by atoms with van der Waals surface area (Å²) in [6.07, 6.45) is -0.894. The highest BCUT2D eigenvalue weighted by Crippen LogP contribution is 2.46. The Bertz CT molecular complexity index is 1170. The summed E-state index contributed by atoms with van der Waals surface area (Å²) in [7, 11) is 0. The largest absolute Gasteiger partial charge is 0.416 e. The molecule has 2 aliphatic rings. The van der Waals surface area contributed by atoms with Crippen LogP contribution in [0.3, 0.4) is 0 Å². The van der Waals surface area contributed by atoms with E-state index >= 15 is 0 Å². The zero-order chi connectivity index (χ0) is 23.2. The smallest absolute Gasteiger partial charge is 0.305 e. The Morgan fingerprint density at radius 3 is 2.42 bits per heavy atom. The lowest BCUT2D eigenvalue weighted by Gasteiger charge is -2.26. The lowest BCUT2D eigenvalue weighted by Crippen LogP contribution is -2.29. The molecule has 170 valence electrons. The molecule has 1 saturated heterocycles. The van der Waals surface area contributed by atoms with Gasteiger partial charge in [-0.2, -0.15) is 13.2 Å². The van der Waals surface area contributed by atoms with E-state index in [1.54, 1.807) is 4.90 Å². The highest BCUT2D eigenvalue weighted by Gasteiger charge is 2.43. The van der Waals surface area contributed by atoms with Gasteiger partial charge < -0.3 is 4.90 Å². The van der Waals surface area contributed by atoms with Crippen LogP contribution in [0, 0.1) is 9.49 Å². The van der Waals surface area contributed by atoms with Crippen molar-refractivity contribution in [2.45, 2.75) is 43.8 Å². The van der Waals surface area contributed by atoms with Crippen LogP contribution in [0.25, 0.3) is 0 Å². The monoisotopic (exact) mass is 561 g/mol. The fourth-order valence-corrected chi connectivity index (χ4v) is 5.94. The normalized spacial score (nSPS) is 22.6. The van der Waals surface area contributed by atoms with E-state index in [0.717, 1.165) is 40.5 Å². The van der Waals surface area contributed by atoms with Gasteiger partial charge in [-0.1, -0.05) is 36.4 Å². The van der Waals surface area contributed by atoms with Gasteiger partial charge in [0.25, 0.3) is 0 Å². The van der Waals surface area contributed by atoms with Crippen LogP contribution < -0.4 is 4.90 Å². The number of nitrogens with zero attached hydrogens (tertiary/aromatic N) is 1. The molecule has 1 aliphatic carbocycles. The molecule has 0 spiro atoms. The van der Waals surface area contributed by atoms with Crippen LogP contribution in [-0.2, 0) is 17.4 Å². The number of aryl methyl sites for hydroxylation is 1. The van der Waals surface area contributed by atoms with Gasteiger partial charge in [0.2, 0.25) is 5.91 Å². The van der Waals surface area contributed by atoms with E-state index in [2.05, 4.69) is 52.9 Å². The third kappa shape index (κ3) is 4.42. The number of fused-ring (bicyclic) bond motifs is 1. The number of rotatable bonds is 4. The van der Waals surface area contributed by atoms with Crippen molar-refractivity contribution < 1.29 is 18.0 Å². The first-order valence-corrected chi connectivity index (χ1v) is 12.2. The molecular weight excluding hydrogens is 538 g/mol. The van der Waals surface area contributed by atoms with E-state index in [0.29, 0.717) is 18.0 Å². The number of benzene rings is 3. The molecule has 0 unspecified atom stereocenters. The van der Waals surface area contributed by atoms with Gasteiger partial charge in [-0.05, 0) is 107 Å². The van der Waals surface area contributed by atoms with E-state index < -0.39 is 11.7 Å². The number of hydrogen-bond acceptors (Lipinski definition) is 1. The van der Waals surface area contributed by atoms with Gasteiger partial charge in [0, 0.05) is 15.2 Å². The molecule has 1 amide bonds.